The molecule has 3 heteroatoms. The predicted octanol–water partition coefficient (Wildman–Crippen LogP) is 2.85. The molecule has 0 aliphatic rings. The van der Waals surface area contributed by atoms with Crippen LogP contribution in [0.1, 0.15) is 23.0 Å². The Kier molecular flexibility index (Phi) is 2.37. The van der Waals surface area contributed by atoms with E-state index >= 15 is 0 Å². The summed E-state index contributed by atoms with van der Waals surface area (Å²) in [6.45, 7) is 3.47. The monoisotopic (exact) mass is 201 g/mol. The zero-order valence-electron chi connectivity index (χ0n) is 8.65. The van der Waals surface area contributed by atoms with Gasteiger partial charge in [-0.2, -0.15) is 0 Å². The fourth-order valence-corrected chi connectivity index (χ4v) is 1.27. The van der Waals surface area contributed by atoms with Crippen LogP contribution < -0.4 is 0 Å². The smallest absolute Gasteiger partial charge is 0.226 e. The van der Waals surface area contributed by atoms with Crippen LogP contribution in [0.4, 0.5) is 0 Å². The minimum absolute atomic E-state index is 0.110. The highest BCUT2D eigenvalue weighted by Crippen LogP contribution is 2.19. The first-order valence-corrected chi connectivity index (χ1v) is 4.70. The van der Waals surface area contributed by atoms with Gasteiger partial charge in [0.2, 0.25) is 5.89 Å². The van der Waals surface area contributed by atoms with Crippen molar-refractivity contribution in [2.45, 2.75) is 13.8 Å². The number of aromatic nitrogens is 1. The Bertz CT molecular complexity index is 483. The molecular formula is C12H11NO2. The van der Waals surface area contributed by atoms with E-state index in [2.05, 4.69) is 4.98 Å². The number of benzene rings is 1. The molecule has 0 spiro atoms. The Hall–Kier alpha value is -1.90. The third-order valence-electron chi connectivity index (χ3n) is 2.15. The normalized spacial score (nSPS) is 10.3. The van der Waals surface area contributed by atoms with Gasteiger partial charge < -0.3 is 4.42 Å². The van der Waals surface area contributed by atoms with Gasteiger partial charge in [0.15, 0.2) is 11.5 Å². The number of carbonyl (C=O) groups is 1. The van der Waals surface area contributed by atoms with E-state index in [0.717, 1.165) is 5.56 Å². The van der Waals surface area contributed by atoms with E-state index < -0.39 is 0 Å². The van der Waals surface area contributed by atoms with Crippen LogP contribution in [0.15, 0.2) is 34.9 Å². The van der Waals surface area contributed by atoms with Crippen LogP contribution in [0.5, 0.6) is 0 Å². The molecule has 1 aromatic heterocycles. The third kappa shape index (κ3) is 1.96. The first-order valence-electron chi connectivity index (χ1n) is 4.70. The van der Waals surface area contributed by atoms with Crippen LogP contribution >= 0.6 is 0 Å². The Morgan fingerprint density at radius 2 is 1.93 bits per heavy atom. The minimum atomic E-state index is -0.110. The second-order valence-electron chi connectivity index (χ2n) is 3.45. The molecule has 1 aromatic carbocycles. The lowest BCUT2D eigenvalue weighted by atomic mass is 10.1. The highest BCUT2D eigenvalue weighted by molar-refractivity contribution is 5.91. The van der Waals surface area contributed by atoms with Crippen molar-refractivity contribution in [3.63, 3.8) is 0 Å². The Balaban J connectivity index is 2.37. The molecule has 0 atom stereocenters. The second-order valence-corrected chi connectivity index (χ2v) is 3.45. The van der Waals surface area contributed by atoms with Crippen molar-refractivity contribution in [2.75, 3.05) is 0 Å². The average molecular weight is 201 g/mol. The Morgan fingerprint density at radius 1 is 1.27 bits per heavy atom. The molecule has 3 nitrogen and oxygen atoms in total. The van der Waals surface area contributed by atoms with Gasteiger partial charge >= 0.3 is 0 Å². The minimum Gasteiger partial charge on any atom is -0.433 e. The van der Waals surface area contributed by atoms with Gasteiger partial charge in [0.05, 0.1) is 6.20 Å². The fourth-order valence-electron chi connectivity index (χ4n) is 1.27. The van der Waals surface area contributed by atoms with Crippen LogP contribution in [0.25, 0.3) is 11.5 Å². The quantitative estimate of drug-likeness (QED) is 0.701. The molecule has 0 saturated heterocycles. The molecule has 15 heavy (non-hydrogen) atoms. The zero-order chi connectivity index (χ0) is 10.8. The number of nitrogens with zero attached hydrogens (tertiary/aromatic N) is 1. The maximum atomic E-state index is 11.0. The molecule has 0 bridgehead atoms. The van der Waals surface area contributed by atoms with Crippen molar-refractivity contribution in [3.8, 4) is 11.5 Å². The summed E-state index contributed by atoms with van der Waals surface area (Å²) in [5.41, 5.74) is 2.06. The van der Waals surface area contributed by atoms with Gasteiger partial charge in [0.1, 0.15) is 0 Å². The molecule has 0 fully saturated rings. The van der Waals surface area contributed by atoms with Crippen LogP contribution in [-0.4, -0.2) is 10.8 Å². The molecule has 0 amide bonds. The lowest BCUT2D eigenvalue weighted by Crippen LogP contribution is -1.86. The first-order chi connectivity index (χ1) is 7.16. The van der Waals surface area contributed by atoms with E-state index in [0.29, 0.717) is 11.7 Å². The summed E-state index contributed by atoms with van der Waals surface area (Å²) < 4.78 is 5.31. The van der Waals surface area contributed by atoms with Crippen molar-refractivity contribution >= 4 is 5.78 Å². The first kappa shape index (κ1) is 9.65. The molecule has 0 saturated carbocycles. The number of hydrogen-bond acceptors (Lipinski definition) is 3. The molecule has 0 aliphatic heterocycles. The van der Waals surface area contributed by atoms with Gasteiger partial charge in [-0.05, 0) is 19.1 Å². The van der Waals surface area contributed by atoms with Gasteiger partial charge in [0.25, 0.3) is 0 Å². The van der Waals surface area contributed by atoms with Crippen molar-refractivity contribution in [3.05, 3.63) is 41.8 Å². The van der Waals surface area contributed by atoms with Gasteiger partial charge in [-0.3, -0.25) is 4.79 Å². The third-order valence-corrected chi connectivity index (χ3v) is 2.15. The molecule has 76 valence electrons. The average Bonchev–Trinajstić information content (AvgIpc) is 2.68. The molecule has 1 heterocycles. The summed E-state index contributed by atoms with van der Waals surface area (Å²) in [6, 6.07) is 7.80. The standard InChI is InChI=1S/C12H11NO2/c1-8-3-5-10(6-4-8)12-13-7-11(15-12)9(2)14/h3-7H,1-2H3. The summed E-state index contributed by atoms with van der Waals surface area (Å²) in [5, 5.41) is 0. The number of oxazole rings is 1. The van der Waals surface area contributed by atoms with E-state index in [-0.39, 0.29) is 5.78 Å². The van der Waals surface area contributed by atoms with E-state index in [1.54, 1.807) is 0 Å². The van der Waals surface area contributed by atoms with Crippen molar-refractivity contribution in [1.82, 2.24) is 4.98 Å². The highest BCUT2D eigenvalue weighted by Gasteiger charge is 2.08. The van der Waals surface area contributed by atoms with Gasteiger partial charge in [-0.1, -0.05) is 17.7 Å². The van der Waals surface area contributed by atoms with Crippen LogP contribution in [0.2, 0.25) is 0 Å². The van der Waals surface area contributed by atoms with Crippen molar-refractivity contribution < 1.29 is 9.21 Å². The topological polar surface area (TPSA) is 43.1 Å². The molecular weight excluding hydrogens is 190 g/mol. The van der Waals surface area contributed by atoms with Gasteiger partial charge in [0, 0.05) is 12.5 Å². The number of hydrogen-bond donors (Lipinski definition) is 0. The van der Waals surface area contributed by atoms with Crippen LogP contribution in [0.3, 0.4) is 0 Å². The largest absolute Gasteiger partial charge is 0.433 e. The van der Waals surface area contributed by atoms with E-state index in [1.165, 1.54) is 18.7 Å². The van der Waals surface area contributed by atoms with Crippen molar-refractivity contribution in [2.24, 2.45) is 0 Å². The maximum absolute atomic E-state index is 11.0. The molecule has 2 aromatic rings. The van der Waals surface area contributed by atoms with E-state index in [1.807, 2.05) is 31.2 Å². The Labute approximate surface area is 87.8 Å². The zero-order valence-corrected chi connectivity index (χ0v) is 8.65. The second kappa shape index (κ2) is 3.69. The van der Waals surface area contributed by atoms with Crippen LogP contribution in [0, 0.1) is 6.92 Å². The predicted molar refractivity (Wildman–Crippen MR) is 56.7 cm³/mol. The summed E-state index contributed by atoms with van der Waals surface area (Å²) in [4.78, 5) is 15.1. The lowest BCUT2D eigenvalue weighted by molar-refractivity contribution is 0.0988. The van der Waals surface area contributed by atoms with E-state index in [9.17, 15) is 4.79 Å². The van der Waals surface area contributed by atoms with Gasteiger partial charge in [-0.15, -0.1) is 0 Å². The highest BCUT2D eigenvalue weighted by atomic mass is 16.4. The van der Waals surface area contributed by atoms with E-state index in [4.69, 9.17) is 4.42 Å². The maximum Gasteiger partial charge on any atom is 0.226 e. The molecule has 0 unspecified atom stereocenters. The summed E-state index contributed by atoms with van der Waals surface area (Å²) in [6.07, 6.45) is 1.46. The van der Waals surface area contributed by atoms with Crippen LogP contribution in [-0.2, 0) is 0 Å². The molecule has 2 rings (SSSR count). The summed E-state index contributed by atoms with van der Waals surface area (Å²) in [5.74, 6) is 0.673. The number of rotatable bonds is 2. The number of Topliss-reactive ketones (excluding diaryl/α,β-unsaturated/α-hetero) is 1. The molecule has 0 aliphatic carbocycles. The molecule has 0 radical (unpaired) electrons. The van der Waals surface area contributed by atoms with Crippen molar-refractivity contribution in [1.29, 1.82) is 0 Å². The number of ketones is 1. The summed E-state index contributed by atoms with van der Waals surface area (Å²) >= 11 is 0. The summed E-state index contributed by atoms with van der Waals surface area (Å²) in [7, 11) is 0. The number of carbonyl (C=O) groups excluding carboxylic acids is 1. The number of aryl methyl sites for hydroxylation is 1. The van der Waals surface area contributed by atoms with Gasteiger partial charge in [-0.25, -0.2) is 4.98 Å². The fraction of sp³-hybridized carbons (Fsp3) is 0.167. The lowest BCUT2D eigenvalue weighted by Gasteiger charge is -1.95. The molecule has 0 N–H and O–H groups in total. The Morgan fingerprint density at radius 3 is 2.47 bits per heavy atom. The SMILES string of the molecule is CC(=O)c1cnc(-c2ccc(C)cc2)o1.